The van der Waals surface area contributed by atoms with Crippen molar-refractivity contribution in [1.29, 1.82) is 0 Å². The van der Waals surface area contributed by atoms with Crippen LogP contribution in [0.15, 0.2) is 42.5 Å². The minimum absolute atomic E-state index is 0.619. The summed E-state index contributed by atoms with van der Waals surface area (Å²) in [6.45, 7) is 3.00. The number of fused-ring (bicyclic) bond motifs is 1. The van der Waals surface area contributed by atoms with Crippen molar-refractivity contribution in [3.8, 4) is 5.75 Å². The molecule has 3 nitrogen and oxygen atoms in total. The summed E-state index contributed by atoms with van der Waals surface area (Å²) in [4.78, 5) is 2.34. The molecule has 0 aromatic heterocycles. The van der Waals surface area contributed by atoms with Crippen molar-refractivity contribution < 1.29 is 4.74 Å². The van der Waals surface area contributed by atoms with Gasteiger partial charge in [0.2, 0.25) is 0 Å². The molecule has 0 radical (unpaired) electrons. The van der Waals surface area contributed by atoms with Crippen LogP contribution < -0.4 is 15.4 Å². The van der Waals surface area contributed by atoms with Crippen molar-refractivity contribution in [3.05, 3.63) is 58.6 Å². The number of para-hydroxylation sites is 1. The average molecular weight is 303 g/mol. The highest BCUT2D eigenvalue weighted by Gasteiger charge is 2.17. The molecule has 0 spiro atoms. The predicted octanol–water partition coefficient (Wildman–Crippen LogP) is 3.24. The Hall–Kier alpha value is -1.71. The van der Waals surface area contributed by atoms with Gasteiger partial charge in [-0.3, -0.25) is 0 Å². The van der Waals surface area contributed by atoms with Gasteiger partial charge in [0.05, 0.1) is 6.54 Å². The average Bonchev–Trinajstić information content (AvgIpc) is 2.70. The normalized spacial score (nSPS) is 14.3. The van der Waals surface area contributed by atoms with E-state index in [4.69, 9.17) is 22.1 Å². The molecule has 0 bridgehead atoms. The first kappa shape index (κ1) is 14.2. The second-order valence-electron chi connectivity index (χ2n) is 5.19. The molecule has 0 aliphatic carbocycles. The molecule has 2 aromatic carbocycles. The minimum atomic E-state index is 0.619. The van der Waals surface area contributed by atoms with Gasteiger partial charge < -0.3 is 15.4 Å². The third-order valence-electron chi connectivity index (χ3n) is 3.75. The summed E-state index contributed by atoms with van der Waals surface area (Å²) in [6, 6.07) is 14.2. The van der Waals surface area contributed by atoms with Crippen LogP contribution in [-0.2, 0) is 13.0 Å². The topological polar surface area (TPSA) is 38.5 Å². The van der Waals surface area contributed by atoms with Crippen LogP contribution in [0.4, 0.5) is 5.69 Å². The predicted molar refractivity (Wildman–Crippen MR) is 87.2 cm³/mol. The van der Waals surface area contributed by atoms with Gasteiger partial charge in [0, 0.05) is 22.8 Å². The van der Waals surface area contributed by atoms with Gasteiger partial charge in [-0.1, -0.05) is 29.8 Å². The van der Waals surface area contributed by atoms with Crippen LogP contribution >= 0.6 is 11.6 Å². The molecular formula is C17H19ClN2O. The maximum absolute atomic E-state index is 6.12. The van der Waals surface area contributed by atoms with E-state index in [9.17, 15) is 0 Å². The molecule has 4 heteroatoms. The molecule has 0 saturated carbocycles. The van der Waals surface area contributed by atoms with Crippen molar-refractivity contribution >= 4 is 17.3 Å². The Bertz CT molecular complexity index is 630. The van der Waals surface area contributed by atoms with Crippen LogP contribution in [0, 0.1) is 0 Å². The fourth-order valence-electron chi connectivity index (χ4n) is 2.75. The number of hydrogen-bond donors (Lipinski definition) is 1. The molecular weight excluding hydrogens is 284 g/mol. The molecule has 0 atom stereocenters. The number of anilines is 1. The molecule has 3 rings (SSSR count). The highest BCUT2D eigenvalue weighted by molar-refractivity contribution is 6.30. The highest BCUT2D eigenvalue weighted by Crippen LogP contribution is 2.30. The van der Waals surface area contributed by atoms with E-state index in [0.717, 1.165) is 30.3 Å². The molecule has 2 N–H and O–H groups in total. The molecule has 1 heterocycles. The van der Waals surface area contributed by atoms with Gasteiger partial charge in [-0.2, -0.15) is 0 Å². The number of nitrogens with zero attached hydrogens (tertiary/aromatic N) is 1. The number of nitrogens with two attached hydrogens (primary N) is 1. The van der Waals surface area contributed by atoms with Crippen LogP contribution in [0.25, 0.3) is 0 Å². The number of halogens is 1. The summed E-state index contributed by atoms with van der Waals surface area (Å²) in [5, 5.41) is 0.758. The Morgan fingerprint density at radius 1 is 1.19 bits per heavy atom. The van der Waals surface area contributed by atoms with E-state index in [0.29, 0.717) is 13.2 Å². The number of hydrogen-bond acceptors (Lipinski definition) is 3. The lowest BCUT2D eigenvalue weighted by Gasteiger charge is -2.25. The van der Waals surface area contributed by atoms with Crippen molar-refractivity contribution in [2.75, 3.05) is 24.6 Å². The summed E-state index contributed by atoms with van der Waals surface area (Å²) in [5.41, 5.74) is 9.34. The molecule has 2 aromatic rings. The first-order valence-corrected chi connectivity index (χ1v) is 7.60. The van der Waals surface area contributed by atoms with Crippen molar-refractivity contribution in [1.82, 2.24) is 0 Å². The molecule has 0 unspecified atom stereocenters. The molecule has 1 aliphatic rings. The second kappa shape index (κ2) is 6.37. The van der Waals surface area contributed by atoms with Crippen LogP contribution in [0.2, 0.25) is 5.02 Å². The largest absolute Gasteiger partial charge is 0.491 e. The van der Waals surface area contributed by atoms with E-state index >= 15 is 0 Å². The zero-order valence-corrected chi connectivity index (χ0v) is 12.6. The van der Waals surface area contributed by atoms with Crippen molar-refractivity contribution in [2.24, 2.45) is 5.73 Å². The first-order valence-electron chi connectivity index (χ1n) is 7.22. The lowest BCUT2D eigenvalue weighted by molar-refractivity contribution is 0.331. The molecule has 0 fully saturated rings. The van der Waals surface area contributed by atoms with Crippen LogP contribution in [0.5, 0.6) is 5.75 Å². The van der Waals surface area contributed by atoms with E-state index in [2.05, 4.69) is 17.0 Å². The van der Waals surface area contributed by atoms with Gasteiger partial charge in [-0.25, -0.2) is 0 Å². The second-order valence-corrected chi connectivity index (χ2v) is 5.63. The Morgan fingerprint density at radius 2 is 2.05 bits per heavy atom. The van der Waals surface area contributed by atoms with Gasteiger partial charge in [-0.05, 0) is 42.8 Å². The maximum Gasteiger partial charge on any atom is 0.124 e. The summed E-state index contributed by atoms with van der Waals surface area (Å²) in [7, 11) is 0. The molecule has 110 valence electrons. The Balaban J connectivity index is 1.94. The fraction of sp³-hybridized carbons (Fsp3) is 0.294. The Labute approximate surface area is 130 Å². The molecule has 1 aliphatic heterocycles. The third-order valence-corrected chi connectivity index (χ3v) is 3.98. The van der Waals surface area contributed by atoms with E-state index in [1.165, 1.54) is 16.8 Å². The lowest BCUT2D eigenvalue weighted by Crippen LogP contribution is -2.26. The molecule has 21 heavy (non-hydrogen) atoms. The quantitative estimate of drug-likeness (QED) is 0.946. The number of benzene rings is 2. The fourth-order valence-corrected chi connectivity index (χ4v) is 2.94. The first-order chi connectivity index (χ1) is 10.3. The van der Waals surface area contributed by atoms with Gasteiger partial charge in [0.1, 0.15) is 12.4 Å². The zero-order chi connectivity index (χ0) is 14.7. The van der Waals surface area contributed by atoms with Gasteiger partial charge in [-0.15, -0.1) is 0 Å². The Kier molecular flexibility index (Phi) is 4.32. The van der Waals surface area contributed by atoms with Gasteiger partial charge in [0.25, 0.3) is 0 Å². The van der Waals surface area contributed by atoms with Crippen LogP contribution in [0.1, 0.15) is 11.1 Å². The number of ether oxygens (including phenoxy) is 1. The van der Waals surface area contributed by atoms with Crippen LogP contribution in [-0.4, -0.2) is 19.7 Å². The Morgan fingerprint density at radius 3 is 2.90 bits per heavy atom. The summed E-state index contributed by atoms with van der Waals surface area (Å²) in [6.07, 6.45) is 0.828. The van der Waals surface area contributed by atoms with E-state index in [1.54, 1.807) is 0 Å². The zero-order valence-electron chi connectivity index (χ0n) is 11.9. The lowest BCUT2D eigenvalue weighted by atomic mass is 10.1. The minimum Gasteiger partial charge on any atom is -0.491 e. The monoisotopic (exact) mass is 302 g/mol. The summed E-state index contributed by atoms with van der Waals surface area (Å²) < 4.78 is 5.83. The third kappa shape index (κ3) is 3.14. The molecule has 0 amide bonds. The van der Waals surface area contributed by atoms with Crippen LogP contribution in [0.3, 0.4) is 0 Å². The summed E-state index contributed by atoms with van der Waals surface area (Å²) in [5.74, 6) is 0.981. The van der Waals surface area contributed by atoms with Gasteiger partial charge in [0.15, 0.2) is 0 Å². The smallest absolute Gasteiger partial charge is 0.124 e. The van der Waals surface area contributed by atoms with E-state index in [1.807, 2.05) is 30.3 Å². The maximum atomic E-state index is 6.12. The van der Waals surface area contributed by atoms with Crippen molar-refractivity contribution in [2.45, 2.75) is 13.0 Å². The standard InChI is InChI=1S/C17H19ClN2O/c18-15-5-6-16(13(11-15)7-8-19)20-9-10-21-17-4-2-1-3-14(17)12-20/h1-6,11H,7-10,12,19H2. The molecule has 0 saturated heterocycles. The van der Waals surface area contributed by atoms with Gasteiger partial charge >= 0.3 is 0 Å². The van der Waals surface area contributed by atoms with Crippen molar-refractivity contribution in [3.63, 3.8) is 0 Å². The SMILES string of the molecule is NCCc1cc(Cl)ccc1N1CCOc2ccccc2C1. The summed E-state index contributed by atoms with van der Waals surface area (Å²) >= 11 is 6.12. The van der Waals surface area contributed by atoms with E-state index < -0.39 is 0 Å². The van der Waals surface area contributed by atoms with E-state index in [-0.39, 0.29) is 0 Å². The highest BCUT2D eigenvalue weighted by atomic mass is 35.5. The number of rotatable bonds is 3.